The Morgan fingerprint density at radius 2 is 2.08 bits per heavy atom. The van der Waals surface area contributed by atoms with Crippen molar-refractivity contribution < 1.29 is 23.8 Å². The number of carbonyl (C=O) groups is 1. The molecule has 140 valence electrons. The molecule has 0 radical (unpaired) electrons. The lowest BCUT2D eigenvalue weighted by molar-refractivity contribution is -0.133. The van der Waals surface area contributed by atoms with Gasteiger partial charge in [-0.05, 0) is 31.2 Å². The van der Waals surface area contributed by atoms with E-state index in [0.29, 0.717) is 31.3 Å². The monoisotopic (exact) mass is 377 g/mol. The van der Waals surface area contributed by atoms with E-state index in [9.17, 15) is 4.79 Å². The normalized spacial score (nSPS) is 11.2. The van der Waals surface area contributed by atoms with Crippen LogP contribution in [0.2, 0.25) is 0 Å². The molecule has 0 aliphatic heterocycles. The second kappa shape index (κ2) is 10.7. The Labute approximate surface area is 157 Å². The maximum Gasteiger partial charge on any atom is 0.313 e. The fourth-order valence-corrected chi connectivity index (χ4v) is 2.75. The molecule has 0 fully saturated rings. The Balaban J connectivity index is 1.74. The van der Waals surface area contributed by atoms with Gasteiger partial charge in [-0.1, -0.05) is 12.2 Å². The SMILES string of the molecule is COc1ccc(-c2nc(CCOC/C=C/CSCC(=O)O)c(C)o2)cc1. The molecule has 0 atom stereocenters. The summed E-state index contributed by atoms with van der Waals surface area (Å²) < 4.78 is 16.4. The Hall–Kier alpha value is -2.25. The summed E-state index contributed by atoms with van der Waals surface area (Å²) in [5, 5.41) is 8.53. The van der Waals surface area contributed by atoms with Crippen LogP contribution in [0.4, 0.5) is 0 Å². The zero-order valence-electron chi connectivity index (χ0n) is 14.9. The van der Waals surface area contributed by atoms with Gasteiger partial charge in [-0.2, -0.15) is 0 Å². The van der Waals surface area contributed by atoms with E-state index >= 15 is 0 Å². The van der Waals surface area contributed by atoms with E-state index < -0.39 is 5.97 Å². The van der Waals surface area contributed by atoms with Gasteiger partial charge >= 0.3 is 5.97 Å². The van der Waals surface area contributed by atoms with Gasteiger partial charge in [0.25, 0.3) is 0 Å². The molecule has 0 unspecified atom stereocenters. The Bertz CT molecular complexity index is 724. The summed E-state index contributed by atoms with van der Waals surface area (Å²) in [7, 11) is 1.63. The average Bonchev–Trinajstić information content (AvgIpc) is 3.01. The molecule has 1 aromatic carbocycles. The highest BCUT2D eigenvalue weighted by Gasteiger charge is 2.11. The number of rotatable bonds is 11. The first-order valence-corrected chi connectivity index (χ1v) is 9.38. The van der Waals surface area contributed by atoms with E-state index in [1.165, 1.54) is 11.8 Å². The van der Waals surface area contributed by atoms with Crippen molar-refractivity contribution in [2.24, 2.45) is 0 Å². The van der Waals surface area contributed by atoms with Crippen molar-refractivity contribution >= 4 is 17.7 Å². The van der Waals surface area contributed by atoms with Crippen molar-refractivity contribution in [1.82, 2.24) is 4.98 Å². The number of aromatic nitrogens is 1. The number of hydrogen-bond acceptors (Lipinski definition) is 6. The molecule has 0 bridgehead atoms. The van der Waals surface area contributed by atoms with Crippen LogP contribution in [0.15, 0.2) is 40.8 Å². The largest absolute Gasteiger partial charge is 0.497 e. The molecule has 1 N–H and O–H groups in total. The number of aryl methyl sites for hydroxylation is 1. The number of carboxylic acids is 1. The first-order valence-electron chi connectivity index (χ1n) is 8.23. The van der Waals surface area contributed by atoms with E-state index in [1.807, 2.05) is 43.3 Å². The Morgan fingerprint density at radius 3 is 2.77 bits per heavy atom. The summed E-state index contributed by atoms with van der Waals surface area (Å²) in [6, 6.07) is 7.58. The number of methoxy groups -OCH3 is 1. The number of nitrogens with zero attached hydrogens (tertiary/aromatic N) is 1. The highest BCUT2D eigenvalue weighted by Crippen LogP contribution is 2.24. The van der Waals surface area contributed by atoms with Gasteiger partial charge in [-0.15, -0.1) is 11.8 Å². The van der Waals surface area contributed by atoms with E-state index in [2.05, 4.69) is 4.98 Å². The second-order valence-corrected chi connectivity index (χ2v) is 6.49. The zero-order chi connectivity index (χ0) is 18.8. The molecule has 1 heterocycles. The van der Waals surface area contributed by atoms with Crippen LogP contribution in [0.3, 0.4) is 0 Å². The maximum atomic E-state index is 10.4. The summed E-state index contributed by atoms with van der Waals surface area (Å²) >= 11 is 1.35. The third-order valence-corrected chi connectivity index (χ3v) is 4.41. The number of oxazole rings is 1. The summed E-state index contributed by atoms with van der Waals surface area (Å²) in [5.74, 6) is 2.17. The number of aliphatic carboxylic acids is 1. The quantitative estimate of drug-likeness (QED) is 0.473. The molecule has 0 aliphatic carbocycles. The number of benzene rings is 1. The van der Waals surface area contributed by atoms with Crippen molar-refractivity contribution in [2.75, 3.05) is 31.8 Å². The molecule has 0 amide bonds. The highest BCUT2D eigenvalue weighted by molar-refractivity contribution is 8.00. The highest BCUT2D eigenvalue weighted by atomic mass is 32.2. The van der Waals surface area contributed by atoms with Gasteiger partial charge in [0.2, 0.25) is 5.89 Å². The lowest BCUT2D eigenvalue weighted by atomic mass is 10.2. The van der Waals surface area contributed by atoms with Crippen LogP contribution in [0.5, 0.6) is 5.75 Å². The number of thioether (sulfide) groups is 1. The van der Waals surface area contributed by atoms with Crippen molar-refractivity contribution in [3.63, 3.8) is 0 Å². The van der Waals surface area contributed by atoms with Crippen molar-refractivity contribution in [3.8, 4) is 17.2 Å². The molecule has 0 spiro atoms. The fraction of sp³-hybridized carbons (Fsp3) is 0.368. The van der Waals surface area contributed by atoms with Gasteiger partial charge in [0.05, 0.1) is 31.8 Å². The van der Waals surface area contributed by atoms with Gasteiger partial charge in [0.1, 0.15) is 11.5 Å². The summed E-state index contributed by atoms with van der Waals surface area (Å²) in [4.78, 5) is 14.9. The average molecular weight is 377 g/mol. The minimum absolute atomic E-state index is 0.118. The molecule has 1 aromatic heterocycles. The molecule has 0 aliphatic rings. The standard InChI is InChI=1S/C19H23NO5S/c1-14-17(9-11-24-10-3-4-12-26-13-18(21)22)20-19(25-14)15-5-7-16(23-2)8-6-15/h3-8H,9-13H2,1-2H3,(H,21,22)/b4-3+. The molecular weight excluding hydrogens is 354 g/mol. The van der Waals surface area contributed by atoms with E-state index in [4.69, 9.17) is 19.0 Å². The van der Waals surface area contributed by atoms with Gasteiger partial charge in [0, 0.05) is 17.7 Å². The van der Waals surface area contributed by atoms with Crippen LogP contribution in [0, 0.1) is 6.92 Å². The first kappa shape index (κ1) is 20.1. The van der Waals surface area contributed by atoms with E-state index in [1.54, 1.807) is 7.11 Å². The van der Waals surface area contributed by atoms with Crippen LogP contribution < -0.4 is 4.74 Å². The zero-order valence-corrected chi connectivity index (χ0v) is 15.8. The van der Waals surface area contributed by atoms with Crippen molar-refractivity contribution in [3.05, 3.63) is 47.9 Å². The van der Waals surface area contributed by atoms with E-state index in [0.717, 1.165) is 22.8 Å². The van der Waals surface area contributed by atoms with Crippen LogP contribution in [0.1, 0.15) is 11.5 Å². The Morgan fingerprint density at radius 1 is 1.31 bits per heavy atom. The second-order valence-electron chi connectivity index (χ2n) is 5.46. The summed E-state index contributed by atoms with van der Waals surface area (Å²) in [5.41, 5.74) is 1.79. The van der Waals surface area contributed by atoms with Crippen molar-refractivity contribution in [2.45, 2.75) is 13.3 Å². The Kier molecular flexibility index (Phi) is 8.24. The third-order valence-electron chi connectivity index (χ3n) is 3.53. The predicted octanol–water partition coefficient (Wildman–Crippen LogP) is 3.59. The van der Waals surface area contributed by atoms with Gasteiger partial charge < -0.3 is 19.0 Å². The molecule has 0 saturated carbocycles. The third kappa shape index (κ3) is 6.57. The van der Waals surface area contributed by atoms with Gasteiger partial charge in [-0.3, -0.25) is 4.79 Å². The molecule has 0 saturated heterocycles. The summed E-state index contributed by atoms with van der Waals surface area (Å²) in [6.07, 6.45) is 4.48. The van der Waals surface area contributed by atoms with Crippen molar-refractivity contribution in [1.29, 1.82) is 0 Å². The number of hydrogen-bond donors (Lipinski definition) is 1. The lowest BCUT2D eigenvalue weighted by Crippen LogP contribution is -2.00. The number of ether oxygens (including phenoxy) is 2. The first-order chi connectivity index (χ1) is 12.6. The molecule has 26 heavy (non-hydrogen) atoms. The number of carboxylic acid groups (broad SMARTS) is 1. The minimum Gasteiger partial charge on any atom is -0.497 e. The van der Waals surface area contributed by atoms with E-state index in [-0.39, 0.29) is 5.75 Å². The molecule has 2 aromatic rings. The van der Waals surface area contributed by atoms with Crippen LogP contribution >= 0.6 is 11.8 Å². The maximum absolute atomic E-state index is 10.4. The van der Waals surface area contributed by atoms with Gasteiger partial charge in [-0.25, -0.2) is 4.98 Å². The topological polar surface area (TPSA) is 81.8 Å². The van der Waals surface area contributed by atoms with Gasteiger partial charge in [0.15, 0.2) is 0 Å². The smallest absolute Gasteiger partial charge is 0.313 e. The lowest BCUT2D eigenvalue weighted by Gasteiger charge is -2.00. The fourth-order valence-electron chi connectivity index (χ4n) is 2.19. The molecular formula is C19H23NO5S. The minimum atomic E-state index is -0.795. The molecule has 2 rings (SSSR count). The van der Waals surface area contributed by atoms with Crippen LogP contribution in [-0.2, 0) is 16.0 Å². The molecule has 7 heteroatoms. The summed E-state index contributed by atoms with van der Waals surface area (Å²) in [6.45, 7) is 2.94. The van der Waals surface area contributed by atoms with Crippen LogP contribution in [0.25, 0.3) is 11.5 Å². The van der Waals surface area contributed by atoms with Crippen LogP contribution in [-0.4, -0.2) is 47.9 Å². The molecule has 6 nitrogen and oxygen atoms in total. The predicted molar refractivity (Wildman–Crippen MR) is 102 cm³/mol.